The third-order valence-corrected chi connectivity index (χ3v) is 2.93. The summed E-state index contributed by atoms with van der Waals surface area (Å²) in [6, 6.07) is 7.44. The van der Waals surface area contributed by atoms with Gasteiger partial charge in [0.05, 0.1) is 0 Å². The van der Waals surface area contributed by atoms with Crippen molar-refractivity contribution in [2.24, 2.45) is 0 Å². The van der Waals surface area contributed by atoms with Gasteiger partial charge in [0.1, 0.15) is 0 Å². The molecule has 0 aliphatic carbocycles. The molecule has 0 radical (unpaired) electrons. The smallest absolute Gasteiger partial charge is 0.0294 e. The Balaban J connectivity index is 2.39. The maximum Gasteiger partial charge on any atom is 0.0294 e. The zero-order valence-corrected chi connectivity index (χ0v) is 8.43. The van der Waals surface area contributed by atoms with E-state index in [9.17, 15) is 0 Å². The summed E-state index contributed by atoms with van der Waals surface area (Å²) in [7, 11) is 0. The minimum Gasteiger partial charge on any atom is -0.310 e. The van der Waals surface area contributed by atoms with E-state index in [2.05, 4.69) is 37.4 Å². The Morgan fingerprint density at radius 2 is 2.31 bits per heavy atom. The Hall–Kier alpha value is -0.820. The van der Waals surface area contributed by atoms with Crippen LogP contribution in [0.2, 0.25) is 0 Å². The van der Waals surface area contributed by atoms with Crippen molar-refractivity contribution in [3.63, 3.8) is 0 Å². The highest BCUT2D eigenvalue weighted by Gasteiger charge is 2.14. The molecule has 1 heterocycles. The maximum absolute atomic E-state index is 3.48. The van der Waals surface area contributed by atoms with Crippen LogP contribution in [0, 0.1) is 0 Å². The summed E-state index contributed by atoms with van der Waals surface area (Å²) in [5, 5.41) is 3.48. The zero-order valence-electron chi connectivity index (χ0n) is 8.43. The van der Waals surface area contributed by atoms with E-state index in [4.69, 9.17) is 0 Å². The van der Waals surface area contributed by atoms with Gasteiger partial charge in [0.2, 0.25) is 0 Å². The number of aryl methyl sites for hydroxylation is 1. The van der Waals surface area contributed by atoms with Crippen molar-refractivity contribution in [3.05, 3.63) is 34.9 Å². The summed E-state index contributed by atoms with van der Waals surface area (Å²) in [5.41, 5.74) is 4.50. The molecule has 1 N–H and O–H groups in total. The van der Waals surface area contributed by atoms with Crippen molar-refractivity contribution in [3.8, 4) is 0 Å². The molecule has 2 rings (SSSR count). The lowest BCUT2D eigenvalue weighted by Gasteiger charge is -2.24. The van der Waals surface area contributed by atoms with Crippen molar-refractivity contribution in [1.82, 2.24) is 5.32 Å². The first-order valence-corrected chi connectivity index (χ1v) is 5.16. The van der Waals surface area contributed by atoms with Crippen LogP contribution in [-0.4, -0.2) is 6.54 Å². The second-order valence-electron chi connectivity index (χ2n) is 3.81. The summed E-state index contributed by atoms with van der Waals surface area (Å²) in [5.74, 6) is 0. The third-order valence-electron chi connectivity index (χ3n) is 2.93. The molecular weight excluding hydrogens is 158 g/mol. The topological polar surface area (TPSA) is 12.0 Å². The fourth-order valence-corrected chi connectivity index (χ4v) is 2.05. The van der Waals surface area contributed by atoms with E-state index in [1.54, 1.807) is 5.56 Å². The molecule has 1 aliphatic heterocycles. The maximum atomic E-state index is 3.48. The van der Waals surface area contributed by atoms with Crippen molar-refractivity contribution in [2.75, 3.05) is 6.54 Å². The van der Waals surface area contributed by atoms with Crippen LogP contribution in [0.25, 0.3) is 0 Å². The fourth-order valence-electron chi connectivity index (χ4n) is 2.05. The number of benzene rings is 1. The first kappa shape index (κ1) is 8.76. The van der Waals surface area contributed by atoms with Gasteiger partial charge in [-0.15, -0.1) is 0 Å². The van der Waals surface area contributed by atoms with Crippen molar-refractivity contribution < 1.29 is 0 Å². The Morgan fingerprint density at radius 3 is 3.08 bits per heavy atom. The molecule has 0 saturated carbocycles. The first-order chi connectivity index (χ1) is 6.31. The van der Waals surface area contributed by atoms with Crippen molar-refractivity contribution in [1.29, 1.82) is 0 Å². The van der Waals surface area contributed by atoms with E-state index in [1.165, 1.54) is 17.5 Å². The average molecular weight is 175 g/mol. The van der Waals surface area contributed by atoms with E-state index in [-0.39, 0.29) is 0 Å². The lowest BCUT2D eigenvalue weighted by molar-refractivity contribution is 0.540. The fraction of sp³-hybridized carbons (Fsp3) is 0.500. The molecule has 70 valence electrons. The SMILES string of the molecule is CCc1ccc2c(c1)CCN[C@@H]2C. The summed E-state index contributed by atoms with van der Waals surface area (Å²) in [6.45, 7) is 5.58. The number of rotatable bonds is 1. The van der Waals surface area contributed by atoms with Crippen LogP contribution in [0.3, 0.4) is 0 Å². The largest absolute Gasteiger partial charge is 0.310 e. The first-order valence-electron chi connectivity index (χ1n) is 5.16. The van der Waals surface area contributed by atoms with Crippen LogP contribution in [0.4, 0.5) is 0 Å². The Labute approximate surface area is 80.2 Å². The predicted molar refractivity (Wildman–Crippen MR) is 55.9 cm³/mol. The summed E-state index contributed by atoms with van der Waals surface area (Å²) in [4.78, 5) is 0. The molecule has 0 amide bonds. The molecule has 1 nitrogen and oxygen atoms in total. The molecule has 0 saturated heterocycles. The molecule has 13 heavy (non-hydrogen) atoms. The van der Waals surface area contributed by atoms with Gasteiger partial charge in [-0.1, -0.05) is 25.1 Å². The van der Waals surface area contributed by atoms with Crippen molar-refractivity contribution >= 4 is 0 Å². The average Bonchev–Trinajstić information content (AvgIpc) is 2.18. The standard InChI is InChI=1S/C12H17N/c1-3-10-4-5-12-9(2)13-7-6-11(12)8-10/h4-5,8-9,13H,3,6-7H2,1-2H3/t9-/m1/s1. The molecule has 1 aromatic rings. The van der Waals surface area contributed by atoms with Crippen molar-refractivity contribution in [2.45, 2.75) is 32.7 Å². The van der Waals surface area contributed by atoms with Gasteiger partial charge in [0, 0.05) is 6.04 Å². The Kier molecular flexibility index (Phi) is 2.36. The van der Waals surface area contributed by atoms with Gasteiger partial charge in [0.25, 0.3) is 0 Å². The molecule has 1 heteroatoms. The molecule has 0 bridgehead atoms. The highest BCUT2D eigenvalue weighted by Crippen LogP contribution is 2.23. The molecular formula is C12H17N. The molecule has 0 aromatic heterocycles. The molecule has 1 aliphatic rings. The minimum atomic E-state index is 0.537. The quantitative estimate of drug-likeness (QED) is 0.691. The van der Waals surface area contributed by atoms with Gasteiger partial charge < -0.3 is 5.32 Å². The van der Waals surface area contributed by atoms with Crippen LogP contribution < -0.4 is 5.32 Å². The number of nitrogens with one attached hydrogen (secondary N) is 1. The lowest BCUT2D eigenvalue weighted by atomic mass is 9.93. The molecule has 1 aromatic carbocycles. The van der Waals surface area contributed by atoms with Crippen LogP contribution >= 0.6 is 0 Å². The van der Waals surface area contributed by atoms with Crippen LogP contribution in [-0.2, 0) is 12.8 Å². The van der Waals surface area contributed by atoms with E-state index in [1.807, 2.05) is 0 Å². The van der Waals surface area contributed by atoms with Gasteiger partial charge in [-0.3, -0.25) is 0 Å². The minimum absolute atomic E-state index is 0.537. The number of hydrogen-bond acceptors (Lipinski definition) is 1. The second kappa shape index (κ2) is 3.51. The number of hydrogen-bond donors (Lipinski definition) is 1. The zero-order chi connectivity index (χ0) is 9.26. The molecule has 1 atom stereocenters. The van der Waals surface area contributed by atoms with Gasteiger partial charge in [-0.05, 0) is 43.0 Å². The third kappa shape index (κ3) is 1.61. The highest BCUT2D eigenvalue weighted by atomic mass is 14.9. The predicted octanol–water partition coefficient (Wildman–Crippen LogP) is 2.46. The van der Waals surface area contributed by atoms with Gasteiger partial charge in [-0.25, -0.2) is 0 Å². The number of fused-ring (bicyclic) bond motifs is 1. The lowest BCUT2D eigenvalue weighted by Crippen LogP contribution is -2.27. The monoisotopic (exact) mass is 175 g/mol. The van der Waals surface area contributed by atoms with Gasteiger partial charge in [-0.2, -0.15) is 0 Å². The van der Waals surface area contributed by atoms with Crippen LogP contribution in [0.1, 0.15) is 36.6 Å². The summed E-state index contributed by atoms with van der Waals surface area (Å²) >= 11 is 0. The normalized spacial score (nSPS) is 21.2. The molecule has 0 unspecified atom stereocenters. The Bertz CT molecular complexity index is 304. The summed E-state index contributed by atoms with van der Waals surface area (Å²) < 4.78 is 0. The molecule has 0 fully saturated rings. The van der Waals surface area contributed by atoms with E-state index >= 15 is 0 Å². The van der Waals surface area contributed by atoms with Gasteiger partial charge in [0.15, 0.2) is 0 Å². The van der Waals surface area contributed by atoms with E-state index < -0.39 is 0 Å². The van der Waals surface area contributed by atoms with E-state index in [0.717, 1.165) is 13.0 Å². The summed E-state index contributed by atoms with van der Waals surface area (Å²) in [6.07, 6.45) is 2.34. The van der Waals surface area contributed by atoms with E-state index in [0.29, 0.717) is 6.04 Å². The highest BCUT2D eigenvalue weighted by molar-refractivity contribution is 5.35. The van der Waals surface area contributed by atoms with Crippen LogP contribution in [0.15, 0.2) is 18.2 Å². The van der Waals surface area contributed by atoms with Gasteiger partial charge >= 0.3 is 0 Å². The Morgan fingerprint density at radius 1 is 1.46 bits per heavy atom. The van der Waals surface area contributed by atoms with Crippen LogP contribution in [0.5, 0.6) is 0 Å². The molecule has 0 spiro atoms. The second-order valence-corrected chi connectivity index (χ2v) is 3.81.